The summed E-state index contributed by atoms with van der Waals surface area (Å²) in [6.07, 6.45) is 4.93. The molecule has 0 fully saturated rings. The molecule has 0 aliphatic carbocycles. The number of ketones is 1. The molecule has 0 aliphatic rings. The molecule has 2 aromatic rings. The summed E-state index contributed by atoms with van der Waals surface area (Å²) < 4.78 is 1.75. The van der Waals surface area contributed by atoms with Gasteiger partial charge in [0, 0.05) is 28.9 Å². The van der Waals surface area contributed by atoms with Gasteiger partial charge in [-0.2, -0.15) is 5.10 Å². The molecule has 0 saturated heterocycles. The van der Waals surface area contributed by atoms with Gasteiger partial charge in [-0.3, -0.25) is 9.48 Å². The third kappa shape index (κ3) is 3.06. The minimum atomic E-state index is -0.162. The average Bonchev–Trinajstić information content (AvgIpc) is 2.67. The zero-order valence-corrected chi connectivity index (χ0v) is 12.0. The van der Waals surface area contributed by atoms with Gasteiger partial charge in [0.2, 0.25) is 0 Å². The molecule has 98 valence electrons. The van der Waals surface area contributed by atoms with Gasteiger partial charge < -0.3 is 0 Å². The van der Waals surface area contributed by atoms with Gasteiger partial charge >= 0.3 is 0 Å². The van der Waals surface area contributed by atoms with Gasteiger partial charge in [-0.05, 0) is 37.3 Å². The molecule has 0 saturated carbocycles. The van der Waals surface area contributed by atoms with Gasteiger partial charge in [-0.15, -0.1) is 0 Å². The summed E-state index contributed by atoms with van der Waals surface area (Å²) in [6, 6.07) is 4.82. The molecule has 19 heavy (non-hydrogen) atoms. The summed E-state index contributed by atoms with van der Waals surface area (Å²) in [5, 5.41) is 4.97. The Morgan fingerprint density at radius 1 is 1.37 bits per heavy atom. The Morgan fingerprint density at radius 3 is 2.68 bits per heavy atom. The lowest BCUT2D eigenvalue weighted by molar-refractivity contribution is 0.104. The molecule has 0 aliphatic heterocycles. The number of rotatable bonds is 3. The summed E-state index contributed by atoms with van der Waals surface area (Å²) in [5.41, 5.74) is 2.33. The fourth-order valence-electron chi connectivity index (χ4n) is 1.62. The number of aryl methyl sites for hydroxylation is 1. The molecule has 0 unspecified atom stereocenters. The van der Waals surface area contributed by atoms with E-state index in [0.29, 0.717) is 15.6 Å². The standard InChI is InChI=1S/C14H12Cl2N2O/c1-9-10(8-17-18(9)2)3-6-14(19)12-5-4-11(15)7-13(12)16/h3-8H,1-2H3/b6-3+. The lowest BCUT2D eigenvalue weighted by Crippen LogP contribution is -1.95. The van der Waals surface area contributed by atoms with Crippen LogP contribution in [-0.2, 0) is 7.05 Å². The first kappa shape index (κ1) is 13.8. The molecule has 1 heterocycles. The van der Waals surface area contributed by atoms with Crippen LogP contribution in [0.2, 0.25) is 10.0 Å². The van der Waals surface area contributed by atoms with Crippen LogP contribution in [0.1, 0.15) is 21.6 Å². The number of nitrogens with zero attached hydrogens (tertiary/aromatic N) is 2. The molecule has 0 radical (unpaired) electrons. The third-order valence-corrected chi connectivity index (χ3v) is 3.43. The Morgan fingerprint density at radius 2 is 2.11 bits per heavy atom. The summed E-state index contributed by atoms with van der Waals surface area (Å²) >= 11 is 11.8. The van der Waals surface area contributed by atoms with Crippen LogP contribution in [0.15, 0.2) is 30.5 Å². The number of aromatic nitrogens is 2. The van der Waals surface area contributed by atoms with Gasteiger partial charge in [-0.1, -0.05) is 23.2 Å². The Labute approximate surface area is 121 Å². The highest BCUT2D eigenvalue weighted by Crippen LogP contribution is 2.22. The zero-order chi connectivity index (χ0) is 14.0. The first-order valence-electron chi connectivity index (χ1n) is 5.65. The molecule has 1 aromatic heterocycles. The van der Waals surface area contributed by atoms with Crippen molar-refractivity contribution < 1.29 is 4.79 Å². The van der Waals surface area contributed by atoms with E-state index in [1.807, 2.05) is 14.0 Å². The second kappa shape index (κ2) is 5.59. The molecule has 5 heteroatoms. The Hall–Kier alpha value is -1.58. The normalized spacial score (nSPS) is 11.2. The van der Waals surface area contributed by atoms with Gasteiger partial charge in [0.1, 0.15) is 0 Å². The molecule has 1 aromatic carbocycles. The highest BCUT2D eigenvalue weighted by atomic mass is 35.5. The van der Waals surface area contributed by atoms with E-state index in [4.69, 9.17) is 23.2 Å². The lowest BCUT2D eigenvalue weighted by atomic mass is 10.1. The number of hydrogen-bond acceptors (Lipinski definition) is 2. The summed E-state index contributed by atoms with van der Waals surface area (Å²) in [5.74, 6) is -0.162. The van der Waals surface area contributed by atoms with Crippen molar-refractivity contribution in [3.8, 4) is 0 Å². The van der Waals surface area contributed by atoms with E-state index in [0.717, 1.165) is 11.3 Å². The molecule has 0 amide bonds. The third-order valence-electron chi connectivity index (χ3n) is 2.88. The highest BCUT2D eigenvalue weighted by molar-refractivity contribution is 6.37. The van der Waals surface area contributed by atoms with Crippen molar-refractivity contribution in [2.45, 2.75) is 6.92 Å². The van der Waals surface area contributed by atoms with Crippen molar-refractivity contribution in [2.75, 3.05) is 0 Å². The van der Waals surface area contributed by atoms with Gasteiger partial charge in [0.05, 0.1) is 11.2 Å². The maximum absolute atomic E-state index is 12.0. The van der Waals surface area contributed by atoms with Crippen LogP contribution in [0.25, 0.3) is 6.08 Å². The van der Waals surface area contributed by atoms with Gasteiger partial charge in [-0.25, -0.2) is 0 Å². The molecular weight excluding hydrogens is 283 g/mol. The van der Waals surface area contributed by atoms with Crippen molar-refractivity contribution in [1.82, 2.24) is 9.78 Å². The SMILES string of the molecule is Cc1c(/C=C/C(=O)c2ccc(Cl)cc2Cl)cnn1C. The number of halogens is 2. The fraction of sp³-hybridized carbons (Fsp3) is 0.143. The van der Waals surface area contributed by atoms with Crippen LogP contribution in [0.5, 0.6) is 0 Å². The van der Waals surface area contributed by atoms with E-state index >= 15 is 0 Å². The predicted molar refractivity (Wildman–Crippen MR) is 77.8 cm³/mol. The molecule has 0 atom stereocenters. The van der Waals surface area contributed by atoms with Gasteiger partial charge in [0.15, 0.2) is 5.78 Å². The summed E-state index contributed by atoms with van der Waals surface area (Å²) in [7, 11) is 1.85. The molecule has 0 N–H and O–H groups in total. The minimum Gasteiger partial charge on any atom is -0.289 e. The number of hydrogen-bond donors (Lipinski definition) is 0. The number of benzene rings is 1. The molecule has 2 rings (SSSR count). The largest absolute Gasteiger partial charge is 0.289 e. The Bertz CT molecular complexity index is 659. The number of carbonyl (C=O) groups excluding carboxylic acids is 1. The Balaban J connectivity index is 2.24. The van der Waals surface area contributed by atoms with Crippen LogP contribution >= 0.6 is 23.2 Å². The average molecular weight is 295 g/mol. The maximum Gasteiger partial charge on any atom is 0.187 e. The van der Waals surface area contributed by atoms with E-state index in [1.165, 1.54) is 6.08 Å². The second-order valence-corrected chi connectivity index (χ2v) is 4.97. The highest BCUT2D eigenvalue weighted by Gasteiger charge is 2.08. The predicted octanol–water partition coefficient (Wildman–Crippen LogP) is 3.93. The monoisotopic (exact) mass is 294 g/mol. The van der Waals surface area contributed by atoms with Crippen LogP contribution < -0.4 is 0 Å². The van der Waals surface area contributed by atoms with Crippen molar-refractivity contribution in [3.63, 3.8) is 0 Å². The molecule has 0 spiro atoms. The lowest BCUT2D eigenvalue weighted by Gasteiger charge is -2.00. The fourth-order valence-corrected chi connectivity index (χ4v) is 2.13. The van der Waals surface area contributed by atoms with E-state index in [1.54, 1.807) is 35.2 Å². The van der Waals surface area contributed by atoms with E-state index in [2.05, 4.69) is 5.10 Å². The number of allylic oxidation sites excluding steroid dienone is 1. The Kier molecular flexibility index (Phi) is 4.08. The van der Waals surface area contributed by atoms with E-state index < -0.39 is 0 Å². The van der Waals surface area contributed by atoms with Crippen molar-refractivity contribution >= 4 is 35.1 Å². The van der Waals surface area contributed by atoms with Crippen molar-refractivity contribution in [3.05, 3.63) is 57.3 Å². The topological polar surface area (TPSA) is 34.9 Å². The zero-order valence-electron chi connectivity index (χ0n) is 10.5. The number of carbonyl (C=O) groups is 1. The first-order chi connectivity index (χ1) is 8.99. The first-order valence-corrected chi connectivity index (χ1v) is 6.40. The summed E-state index contributed by atoms with van der Waals surface area (Å²) in [4.78, 5) is 12.0. The van der Waals surface area contributed by atoms with Crippen molar-refractivity contribution in [2.24, 2.45) is 7.05 Å². The quantitative estimate of drug-likeness (QED) is 0.635. The molecular formula is C14H12Cl2N2O. The smallest absolute Gasteiger partial charge is 0.187 e. The van der Waals surface area contributed by atoms with Crippen LogP contribution in [0.3, 0.4) is 0 Å². The maximum atomic E-state index is 12.0. The van der Waals surface area contributed by atoms with Crippen LogP contribution in [0.4, 0.5) is 0 Å². The molecule has 3 nitrogen and oxygen atoms in total. The van der Waals surface area contributed by atoms with E-state index in [-0.39, 0.29) is 5.78 Å². The second-order valence-electron chi connectivity index (χ2n) is 4.13. The van der Waals surface area contributed by atoms with Crippen LogP contribution in [-0.4, -0.2) is 15.6 Å². The van der Waals surface area contributed by atoms with Gasteiger partial charge in [0.25, 0.3) is 0 Å². The van der Waals surface area contributed by atoms with E-state index in [9.17, 15) is 4.79 Å². The summed E-state index contributed by atoms with van der Waals surface area (Å²) in [6.45, 7) is 1.94. The molecule has 0 bridgehead atoms. The van der Waals surface area contributed by atoms with Crippen molar-refractivity contribution in [1.29, 1.82) is 0 Å². The minimum absolute atomic E-state index is 0.162. The van der Waals surface area contributed by atoms with Crippen LogP contribution in [0, 0.1) is 6.92 Å².